The maximum atomic E-state index is 11.5. The van der Waals surface area contributed by atoms with Gasteiger partial charge in [-0.15, -0.1) is 0 Å². The summed E-state index contributed by atoms with van der Waals surface area (Å²) in [5.74, 6) is 0.870. The van der Waals surface area contributed by atoms with Gasteiger partial charge in [-0.3, -0.25) is 4.79 Å². The highest BCUT2D eigenvalue weighted by atomic mass is 16.3. The number of carbonyl (C=O) groups excluding carboxylic acids is 1. The van der Waals surface area contributed by atoms with Crippen molar-refractivity contribution in [1.29, 1.82) is 0 Å². The summed E-state index contributed by atoms with van der Waals surface area (Å²) >= 11 is 0. The van der Waals surface area contributed by atoms with Gasteiger partial charge in [-0.1, -0.05) is 43.3 Å². The van der Waals surface area contributed by atoms with Crippen LogP contribution in [0.2, 0.25) is 0 Å². The van der Waals surface area contributed by atoms with Gasteiger partial charge in [0.15, 0.2) is 5.78 Å². The zero-order chi connectivity index (χ0) is 19.5. The Kier molecular flexibility index (Phi) is 4.90. The van der Waals surface area contributed by atoms with Crippen LogP contribution >= 0.6 is 0 Å². The molecule has 0 fully saturated rings. The van der Waals surface area contributed by atoms with Crippen LogP contribution in [0.5, 0.6) is 0 Å². The quantitative estimate of drug-likeness (QED) is 0.549. The maximum Gasteiger partial charge on any atom is 0.218 e. The molecule has 3 aromatic carbocycles. The van der Waals surface area contributed by atoms with Crippen LogP contribution in [0.15, 0.2) is 83.3 Å². The zero-order valence-corrected chi connectivity index (χ0v) is 16.0. The van der Waals surface area contributed by atoms with Gasteiger partial charge in [0, 0.05) is 23.3 Å². The first-order valence-corrected chi connectivity index (χ1v) is 9.47. The van der Waals surface area contributed by atoms with Crippen LogP contribution in [0.4, 0.5) is 5.69 Å². The molecule has 0 radical (unpaired) electrons. The monoisotopic (exact) mass is 368 g/mol. The van der Waals surface area contributed by atoms with Gasteiger partial charge >= 0.3 is 0 Å². The maximum absolute atomic E-state index is 11.5. The fourth-order valence-electron chi connectivity index (χ4n) is 3.25. The number of hydrogen-bond acceptors (Lipinski definition) is 2. The minimum atomic E-state index is 0.0643. The fourth-order valence-corrected chi connectivity index (χ4v) is 3.25. The number of hydrogen-bond donors (Lipinski definition) is 1. The van der Waals surface area contributed by atoms with E-state index in [1.165, 1.54) is 5.56 Å². The molecular weight excluding hydrogens is 346 g/mol. The predicted molar refractivity (Wildman–Crippen MR) is 111 cm³/mol. The minimum Gasteiger partial charge on any atom is -0.456 e. The van der Waals surface area contributed by atoms with E-state index in [0.717, 1.165) is 39.8 Å². The Morgan fingerprint density at radius 2 is 1.68 bits per heavy atom. The molecule has 0 atom stereocenters. The molecule has 0 unspecified atom stereocenters. The number of ketones is 1. The Hall–Kier alpha value is -3.46. The summed E-state index contributed by atoms with van der Waals surface area (Å²) in [6.07, 6.45) is 0.961. The number of fused-ring (bicyclic) bond motifs is 1. The molecule has 4 aromatic rings. The summed E-state index contributed by atoms with van der Waals surface area (Å²) in [6.45, 7) is 3.72. The molecule has 3 heteroatoms. The summed E-state index contributed by atoms with van der Waals surface area (Å²) < 4.78 is 6.19. The lowest BCUT2D eigenvalue weighted by Crippen LogP contribution is -2.70. The molecule has 0 aliphatic carbocycles. The van der Waals surface area contributed by atoms with E-state index in [9.17, 15) is 4.79 Å². The molecule has 0 aliphatic rings. The third kappa shape index (κ3) is 3.65. The molecule has 1 N–H and O–H groups in total. The number of aryl methyl sites for hydroxylation is 1. The van der Waals surface area contributed by atoms with Crippen molar-refractivity contribution < 1.29 is 14.2 Å². The van der Waals surface area contributed by atoms with Crippen LogP contribution in [-0.4, -0.2) is 5.78 Å². The number of rotatable bonds is 4. The normalized spacial score (nSPS) is 11.7. The van der Waals surface area contributed by atoms with Crippen molar-refractivity contribution in [3.63, 3.8) is 0 Å². The first kappa shape index (κ1) is 17.9. The van der Waals surface area contributed by atoms with Crippen LogP contribution < -0.4 is 10.3 Å². The summed E-state index contributed by atoms with van der Waals surface area (Å²) in [7, 11) is 0. The summed E-state index contributed by atoms with van der Waals surface area (Å²) in [5, 5.41) is 2.01. The smallest absolute Gasteiger partial charge is 0.218 e. The van der Waals surface area contributed by atoms with Crippen LogP contribution in [0.3, 0.4) is 0 Å². The minimum absolute atomic E-state index is 0.0643. The van der Waals surface area contributed by atoms with Crippen molar-refractivity contribution in [2.75, 3.05) is 0 Å². The topological polar surface area (TPSA) is 44.2 Å². The Labute approximate surface area is 164 Å². The third-order valence-corrected chi connectivity index (χ3v) is 4.87. The van der Waals surface area contributed by atoms with E-state index in [1.807, 2.05) is 66.7 Å². The number of nitrogens with one attached hydrogen (secondary N) is 1. The molecule has 0 spiro atoms. The van der Waals surface area contributed by atoms with E-state index in [4.69, 9.17) is 4.42 Å². The van der Waals surface area contributed by atoms with E-state index >= 15 is 0 Å². The second-order valence-electron chi connectivity index (χ2n) is 6.83. The van der Waals surface area contributed by atoms with E-state index in [1.54, 1.807) is 6.92 Å². The van der Waals surface area contributed by atoms with Gasteiger partial charge in [-0.25, -0.2) is 4.99 Å². The number of carbonyl (C=O) groups is 1. The molecule has 0 bridgehead atoms. The molecule has 4 rings (SSSR count). The largest absolute Gasteiger partial charge is 0.456 e. The molecule has 3 nitrogen and oxygen atoms in total. The average Bonchev–Trinajstić information content (AvgIpc) is 2.74. The van der Waals surface area contributed by atoms with Crippen molar-refractivity contribution >= 4 is 22.4 Å². The Morgan fingerprint density at radius 1 is 0.929 bits per heavy atom. The lowest BCUT2D eigenvalue weighted by atomic mass is 10.1. The summed E-state index contributed by atoms with van der Waals surface area (Å²) in [4.78, 5) is 15.0. The van der Waals surface area contributed by atoms with Gasteiger partial charge in [-0.05, 0) is 43.2 Å². The Morgan fingerprint density at radius 3 is 2.36 bits per heavy atom. The van der Waals surface area contributed by atoms with Crippen LogP contribution in [0.25, 0.3) is 22.3 Å². The molecule has 138 valence electrons. The van der Waals surface area contributed by atoms with Crippen LogP contribution in [0, 0.1) is 0 Å². The standard InChI is InChI=1S/C25H21NO2/c1-3-18-9-14-24-22(15-18)23(16-25(28-24)20-7-5-4-6-8-20)26-21-12-10-19(11-13-21)17(2)27/h4-16H,3H2,1-2H3/p+1. The van der Waals surface area contributed by atoms with Gasteiger partial charge in [0.2, 0.25) is 11.0 Å². The zero-order valence-electron chi connectivity index (χ0n) is 16.0. The lowest BCUT2D eigenvalue weighted by molar-refractivity contribution is -0.400. The molecule has 28 heavy (non-hydrogen) atoms. The molecule has 1 heterocycles. The van der Waals surface area contributed by atoms with Crippen LogP contribution in [-0.2, 0) is 6.42 Å². The second-order valence-corrected chi connectivity index (χ2v) is 6.83. The summed E-state index contributed by atoms with van der Waals surface area (Å²) in [6, 6.07) is 26.0. The highest BCUT2D eigenvalue weighted by Gasteiger charge is 2.10. The van der Waals surface area contributed by atoms with Crippen molar-refractivity contribution in [3.8, 4) is 11.3 Å². The van der Waals surface area contributed by atoms with E-state index in [0.29, 0.717) is 5.56 Å². The molecule has 0 amide bonds. The first-order chi connectivity index (χ1) is 13.6. The average molecular weight is 368 g/mol. The number of benzene rings is 3. The summed E-state index contributed by atoms with van der Waals surface area (Å²) in [5.41, 5.74) is 4.75. The predicted octanol–water partition coefficient (Wildman–Crippen LogP) is 4.18. The Bertz CT molecular complexity index is 1200. The van der Waals surface area contributed by atoms with Crippen molar-refractivity contribution in [2.45, 2.75) is 20.3 Å². The first-order valence-electron chi connectivity index (χ1n) is 9.47. The highest BCUT2D eigenvalue weighted by molar-refractivity contribution is 5.94. The van der Waals surface area contributed by atoms with Crippen LogP contribution in [0.1, 0.15) is 29.8 Å². The van der Waals surface area contributed by atoms with Gasteiger partial charge in [0.05, 0.1) is 11.5 Å². The van der Waals surface area contributed by atoms with E-state index < -0.39 is 0 Å². The molecule has 0 saturated heterocycles. The second kappa shape index (κ2) is 7.65. The third-order valence-electron chi connectivity index (χ3n) is 4.87. The lowest BCUT2D eigenvalue weighted by Gasteiger charge is -2.04. The van der Waals surface area contributed by atoms with Crippen molar-refractivity contribution in [1.82, 2.24) is 0 Å². The molecule has 1 aromatic heterocycles. The van der Waals surface area contributed by atoms with E-state index in [-0.39, 0.29) is 5.78 Å². The molecule has 0 aliphatic heterocycles. The van der Waals surface area contributed by atoms with Gasteiger partial charge < -0.3 is 4.42 Å². The van der Waals surface area contributed by atoms with Gasteiger partial charge in [0.25, 0.3) is 0 Å². The van der Waals surface area contributed by atoms with Gasteiger partial charge in [-0.2, -0.15) is 0 Å². The van der Waals surface area contributed by atoms with Crippen molar-refractivity contribution in [3.05, 3.63) is 95.3 Å². The molecular formula is C25H22NO2+. The highest BCUT2D eigenvalue weighted by Crippen LogP contribution is 2.22. The van der Waals surface area contributed by atoms with Crippen molar-refractivity contribution in [2.24, 2.45) is 0 Å². The fraction of sp³-hybridized carbons (Fsp3) is 0.120. The SMILES string of the molecule is CCc1ccc2oc(-c3ccccc3)cc(=[NH+]c3ccc(C(C)=O)cc3)c2c1. The molecule has 0 saturated carbocycles. The number of Topliss-reactive ketones (excluding diaryl/α,β-unsaturated/α-hetero) is 1. The Balaban J connectivity index is 1.94. The van der Waals surface area contributed by atoms with Gasteiger partial charge in [0.1, 0.15) is 11.3 Å². The van der Waals surface area contributed by atoms with E-state index in [2.05, 4.69) is 24.0 Å².